The molecule has 0 spiro atoms. The molecule has 0 heterocycles. The molecular weight excluding hydrogens is 274 g/mol. The zero-order valence-corrected chi connectivity index (χ0v) is 10.0. The molecule has 0 saturated heterocycles. The van der Waals surface area contributed by atoms with Crippen molar-refractivity contribution in [2.45, 2.75) is 15.5 Å². The largest absolute Gasteiger partial charge is 0.341 e. The second kappa shape index (κ2) is 4.53. The van der Waals surface area contributed by atoms with Crippen LogP contribution in [-0.4, -0.2) is 22.6 Å². The molecular formula is C9H8F2O4S2. The van der Waals surface area contributed by atoms with Crippen LogP contribution in [0.3, 0.4) is 0 Å². The minimum Gasteiger partial charge on any atom is -0.219 e. The molecule has 0 amide bonds. The fourth-order valence-electron chi connectivity index (χ4n) is 1.11. The molecule has 1 aromatic rings. The first-order valence-corrected chi connectivity index (χ1v) is 7.31. The molecule has 4 nitrogen and oxygen atoms in total. The lowest BCUT2D eigenvalue weighted by Crippen LogP contribution is -2.15. The highest BCUT2D eigenvalue weighted by Crippen LogP contribution is 2.26. The molecule has 0 atom stereocenters. The standard InChI is InChI=1S/C9H8F2O4S2/c1-2-16(12,13)7-5-3-4-6-8(7)17(14,15)9(10)11/h2-6,9H,1H2. The summed E-state index contributed by atoms with van der Waals surface area (Å²) >= 11 is 0. The Labute approximate surface area is 97.4 Å². The van der Waals surface area contributed by atoms with Gasteiger partial charge in [0.2, 0.25) is 19.7 Å². The summed E-state index contributed by atoms with van der Waals surface area (Å²) in [7, 11) is -9.06. The third-order valence-corrected chi connectivity index (χ3v) is 4.89. The van der Waals surface area contributed by atoms with Gasteiger partial charge in [-0.1, -0.05) is 18.7 Å². The lowest BCUT2D eigenvalue weighted by molar-refractivity contribution is 0.234. The molecule has 0 aliphatic carbocycles. The average molecular weight is 282 g/mol. The van der Waals surface area contributed by atoms with Gasteiger partial charge in [0.05, 0.1) is 9.79 Å². The second-order valence-electron chi connectivity index (χ2n) is 2.96. The molecule has 0 aliphatic heterocycles. The molecule has 0 aromatic heterocycles. The monoisotopic (exact) mass is 282 g/mol. The fourth-order valence-corrected chi connectivity index (χ4v) is 3.41. The van der Waals surface area contributed by atoms with Crippen molar-refractivity contribution < 1.29 is 25.6 Å². The molecule has 1 rings (SSSR count). The minimum absolute atomic E-state index is 0.507. The Balaban J connectivity index is 3.65. The minimum atomic E-state index is -4.96. The SMILES string of the molecule is C=CS(=O)(=O)c1ccccc1S(=O)(=O)C(F)F. The maximum absolute atomic E-state index is 12.4. The van der Waals surface area contributed by atoms with Crippen molar-refractivity contribution >= 4 is 19.7 Å². The van der Waals surface area contributed by atoms with E-state index in [1.54, 1.807) is 0 Å². The number of alkyl halides is 2. The van der Waals surface area contributed by atoms with E-state index in [0.29, 0.717) is 5.41 Å². The highest BCUT2D eigenvalue weighted by Gasteiger charge is 2.31. The van der Waals surface area contributed by atoms with Crippen LogP contribution in [-0.2, 0) is 19.7 Å². The summed E-state index contributed by atoms with van der Waals surface area (Å²) in [4.78, 5) is -1.62. The van der Waals surface area contributed by atoms with Gasteiger partial charge in [-0.25, -0.2) is 16.8 Å². The summed E-state index contributed by atoms with van der Waals surface area (Å²) in [6, 6.07) is 4.16. The molecule has 0 N–H and O–H groups in total. The van der Waals surface area contributed by atoms with E-state index in [0.717, 1.165) is 18.2 Å². The fraction of sp³-hybridized carbons (Fsp3) is 0.111. The van der Waals surface area contributed by atoms with E-state index in [9.17, 15) is 25.6 Å². The molecule has 94 valence electrons. The third-order valence-electron chi connectivity index (χ3n) is 1.92. The summed E-state index contributed by atoms with van der Waals surface area (Å²) in [5, 5.41) is 0.507. The molecule has 1 aromatic carbocycles. The van der Waals surface area contributed by atoms with Crippen LogP contribution in [0.1, 0.15) is 0 Å². The van der Waals surface area contributed by atoms with Crippen molar-refractivity contribution in [3.63, 3.8) is 0 Å². The number of sulfone groups is 2. The normalized spacial score (nSPS) is 12.6. The summed E-state index contributed by atoms with van der Waals surface area (Å²) in [5.74, 6) is -3.68. The van der Waals surface area contributed by atoms with E-state index in [4.69, 9.17) is 0 Å². The lowest BCUT2D eigenvalue weighted by atomic mass is 10.4. The van der Waals surface area contributed by atoms with Gasteiger partial charge in [0.1, 0.15) is 0 Å². The predicted octanol–water partition coefficient (Wildman–Crippen LogP) is 1.60. The van der Waals surface area contributed by atoms with Gasteiger partial charge in [-0.2, -0.15) is 8.78 Å². The molecule has 17 heavy (non-hydrogen) atoms. The highest BCUT2D eigenvalue weighted by molar-refractivity contribution is 7.96. The molecule has 0 unspecified atom stereocenters. The van der Waals surface area contributed by atoms with Gasteiger partial charge in [0.15, 0.2) is 0 Å². The van der Waals surface area contributed by atoms with E-state index in [1.807, 2.05) is 0 Å². The Morgan fingerprint density at radius 2 is 1.53 bits per heavy atom. The van der Waals surface area contributed by atoms with Crippen LogP contribution in [0.15, 0.2) is 46.0 Å². The van der Waals surface area contributed by atoms with Crippen LogP contribution in [0.4, 0.5) is 8.78 Å². The number of benzene rings is 1. The third kappa shape index (κ3) is 2.52. The zero-order chi connectivity index (χ0) is 13.3. The number of hydrogen-bond acceptors (Lipinski definition) is 4. The Kier molecular flexibility index (Phi) is 3.68. The molecule has 0 fully saturated rings. The van der Waals surface area contributed by atoms with E-state index < -0.39 is 35.2 Å². The first-order valence-electron chi connectivity index (χ1n) is 4.22. The summed E-state index contributed by atoms with van der Waals surface area (Å²) < 4.78 is 70.2. The number of halogens is 2. The van der Waals surface area contributed by atoms with Crippen molar-refractivity contribution in [3.05, 3.63) is 36.3 Å². The van der Waals surface area contributed by atoms with Gasteiger partial charge in [-0.05, 0) is 12.1 Å². The van der Waals surface area contributed by atoms with Crippen LogP contribution < -0.4 is 0 Å². The molecule has 0 radical (unpaired) electrons. The predicted molar refractivity (Wildman–Crippen MR) is 57.0 cm³/mol. The van der Waals surface area contributed by atoms with Crippen LogP contribution in [0.2, 0.25) is 0 Å². The van der Waals surface area contributed by atoms with E-state index in [2.05, 4.69) is 6.58 Å². The smallest absolute Gasteiger partial charge is 0.219 e. The molecule has 8 heteroatoms. The van der Waals surface area contributed by atoms with Crippen LogP contribution >= 0.6 is 0 Å². The van der Waals surface area contributed by atoms with Crippen molar-refractivity contribution in [3.8, 4) is 0 Å². The first kappa shape index (κ1) is 13.8. The van der Waals surface area contributed by atoms with Gasteiger partial charge in [-0.15, -0.1) is 0 Å². The van der Waals surface area contributed by atoms with Crippen molar-refractivity contribution in [2.75, 3.05) is 0 Å². The van der Waals surface area contributed by atoms with Crippen LogP contribution in [0.5, 0.6) is 0 Å². The highest BCUT2D eigenvalue weighted by atomic mass is 32.2. The van der Waals surface area contributed by atoms with Gasteiger partial charge in [-0.3, -0.25) is 0 Å². The second-order valence-corrected chi connectivity index (χ2v) is 6.71. The molecule has 0 aliphatic rings. The maximum Gasteiger partial charge on any atom is 0.341 e. The maximum atomic E-state index is 12.4. The Morgan fingerprint density at radius 1 is 1.06 bits per heavy atom. The Morgan fingerprint density at radius 3 is 1.94 bits per heavy atom. The van der Waals surface area contributed by atoms with E-state index in [-0.39, 0.29) is 0 Å². The van der Waals surface area contributed by atoms with Crippen molar-refractivity contribution in [1.82, 2.24) is 0 Å². The lowest BCUT2D eigenvalue weighted by Gasteiger charge is -2.07. The van der Waals surface area contributed by atoms with Gasteiger partial charge >= 0.3 is 5.76 Å². The van der Waals surface area contributed by atoms with E-state index >= 15 is 0 Å². The number of hydrogen-bond donors (Lipinski definition) is 0. The van der Waals surface area contributed by atoms with Gasteiger partial charge in [0.25, 0.3) is 0 Å². The van der Waals surface area contributed by atoms with Gasteiger partial charge < -0.3 is 0 Å². The number of rotatable bonds is 4. The average Bonchev–Trinajstić information content (AvgIpc) is 2.29. The summed E-state index contributed by atoms with van der Waals surface area (Å²) in [5.41, 5.74) is 0. The van der Waals surface area contributed by atoms with Crippen LogP contribution in [0, 0.1) is 0 Å². The Bertz CT molecular complexity index is 633. The molecule has 0 saturated carbocycles. The van der Waals surface area contributed by atoms with Crippen molar-refractivity contribution in [2.24, 2.45) is 0 Å². The molecule has 0 bridgehead atoms. The quantitative estimate of drug-likeness (QED) is 0.841. The van der Waals surface area contributed by atoms with Crippen molar-refractivity contribution in [1.29, 1.82) is 0 Å². The van der Waals surface area contributed by atoms with E-state index in [1.165, 1.54) is 6.07 Å². The zero-order valence-electron chi connectivity index (χ0n) is 8.38. The first-order chi connectivity index (χ1) is 7.73. The van der Waals surface area contributed by atoms with Gasteiger partial charge in [0, 0.05) is 5.41 Å². The summed E-state index contributed by atoms with van der Waals surface area (Å²) in [6.07, 6.45) is 0. The van der Waals surface area contributed by atoms with Crippen LogP contribution in [0.25, 0.3) is 0 Å². The topological polar surface area (TPSA) is 68.3 Å². The summed E-state index contributed by atoms with van der Waals surface area (Å²) in [6.45, 7) is 3.01. The Hall–Kier alpha value is -1.28.